The molecular formula is C60H40N2S. The second kappa shape index (κ2) is 15.5. The summed E-state index contributed by atoms with van der Waals surface area (Å²) >= 11 is 1.88. The SMILES string of the molecule is c1ccc(-c2ccc(N(c3ccc(-c4cccc(-n5c6ccccc6c6ccccc65)c4)cc3)c3ccc(-c4ccc5c(c4)sc4c(-c6ccccc6)cccc45)cc3)cc2)cc1. The molecule has 63 heavy (non-hydrogen) atoms. The van der Waals surface area contributed by atoms with Gasteiger partial charge in [-0.2, -0.15) is 0 Å². The molecule has 0 saturated carbocycles. The molecule has 2 aromatic heterocycles. The molecule has 0 N–H and O–H groups in total. The number of anilines is 3. The van der Waals surface area contributed by atoms with Crippen LogP contribution in [-0.2, 0) is 0 Å². The van der Waals surface area contributed by atoms with Crippen molar-refractivity contribution < 1.29 is 0 Å². The van der Waals surface area contributed by atoms with Gasteiger partial charge in [0.05, 0.1) is 11.0 Å². The molecule has 0 atom stereocenters. The molecule has 2 heterocycles. The highest BCUT2D eigenvalue weighted by molar-refractivity contribution is 7.26. The molecule has 0 aliphatic carbocycles. The summed E-state index contributed by atoms with van der Waals surface area (Å²) in [6, 6.07) is 88.2. The zero-order valence-electron chi connectivity index (χ0n) is 34.4. The Balaban J connectivity index is 0.898. The molecule has 0 saturated heterocycles. The predicted molar refractivity (Wildman–Crippen MR) is 270 cm³/mol. The van der Waals surface area contributed by atoms with Crippen LogP contribution in [0.1, 0.15) is 0 Å². The first-order valence-electron chi connectivity index (χ1n) is 21.5. The Labute approximate surface area is 370 Å². The van der Waals surface area contributed by atoms with E-state index in [1.165, 1.54) is 86.5 Å². The maximum absolute atomic E-state index is 2.38. The lowest BCUT2D eigenvalue weighted by molar-refractivity contribution is 1.18. The Bertz CT molecular complexity index is 3530. The van der Waals surface area contributed by atoms with Crippen molar-refractivity contribution in [2.45, 2.75) is 0 Å². The minimum Gasteiger partial charge on any atom is -0.311 e. The van der Waals surface area contributed by atoms with Crippen molar-refractivity contribution in [2.75, 3.05) is 4.90 Å². The van der Waals surface area contributed by atoms with Gasteiger partial charge in [0.15, 0.2) is 0 Å². The Morgan fingerprint density at radius 3 is 1.35 bits per heavy atom. The molecular weight excluding hydrogens is 781 g/mol. The summed E-state index contributed by atoms with van der Waals surface area (Å²) in [6.45, 7) is 0. The lowest BCUT2D eigenvalue weighted by Gasteiger charge is -2.26. The number of nitrogens with zero attached hydrogens (tertiary/aromatic N) is 2. The van der Waals surface area contributed by atoms with Gasteiger partial charge in [-0.3, -0.25) is 0 Å². The van der Waals surface area contributed by atoms with Crippen LogP contribution in [0.2, 0.25) is 0 Å². The first kappa shape index (κ1) is 36.8. The number of fused-ring (bicyclic) bond motifs is 6. The zero-order chi connectivity index (χ0) is 41.7. The van der Waals surface area contributed by atoms with Gasteiger partial charge in [0, 0.05) is 53.7 Å². The molecule has 0 aliphatic heterocycles. The fourth-order valence-electron chi connectivity index (χ4n) is 9.33. The normalized spacial score (nSPS) is 11.5. The lowest BCUT2D eigenvalue weighted by Crippen LogP contribution is -2.09. The van der Waals surface area contributed by atoms with Crippen LogP contribution in [0.25, 0.3) is 92.2 Å². The van der Waals surface area contributed by atoms with E-state index in [4.69, 9.17) is 0 Å². The van der Waals surface area contributed by atoms with Crippen LogP contribution < -0.4 is 4.90 Å². The summed E-state index contributed by atoms with van der Waals surface area (Å²) in [5.74, 6) is 0. The standard InChI is InChI=1S/C60H40N2S/c1-3-13-41(14-4-1)42-25-32-48(33-26-42)61(49-34-27-43(28-35-49)46-17-11-18-51(39-46)62-57-23-9-7-19-53(57)54-20-8-10-24-58(54)62)50-36-29-44(30-37-50)47-31-38-55-56-22-12-21-52(45-15-5-2-6-16-45)60(56)63-59(55)40-47/h1-40H. The van der Waals surface area contributed by atoms with Crippen molar-refractivity contribution in [1.82, 2.24) is 4.57 Å². The van der Waals surface area contributed by atoms with Gasteiger partial charge in [0.2, 0.25) is 0 Å². The molecule has 3 heteroatoms. The van der Waals surface area contributed by atoms with E-state index in [1.807, 2.05) is 11.3 Å². The van der Waals surface area contributed by atoms with Crippen molar-refractivity contribution in [3.8, 4) is 50.2 Å². The van der Waals surface area contributed by atoms with Crippen LogP contribution in [0, 0.1) is 0 Å². The van der Waals surface area contributed by atoms with Gasteiger partial charge in [0.1, 0.15) is 0 Å². The second-order valence-corrected chi connectivity index (χ2v) is 17.2. The number of rotatable bonds is 8. The highest BCUT2D eigenvalue weighted by Gasteiger charge is 2.17. The minimum atomic E-state index is 1.10. The van der Waals surface area contributed by atoms with E-state index >= 15 is 0 Å². The smallest absolute Gasteiger partial charge is 0.0541 e. The molecule has 12 rings (SSSR count). The average Bonchev–Trinajstić information content (AvgIpc) is 3.91. The summed E-state index contributed by atoms with van der Waals surface area (Å²) in [6.07, 6.45) is 0. The Kier molecular flexibility index (Phi) is 9.06. The van der Waals surface area contributed by atoms with Crippen LogP contribution >= 0.6 is 11.3 Å². The largest absolute Gasteiger partial charge is 0.311 e. The van der Waals surface area contributed by atoms with E-state index in [1.54, 1.807) is 0 Å². The molecule has 0 unspecified atom stereocenters. The van der Waals surface area contributed by atoms with Crippen LogP contribution in [0.3, 0.4) is 0 Å². The molecule has 0 radical (unpaired) electrons. The maximum atomic E-state index is 2.38. The topological polar surface area (TPSA) is 8.17 Å². The van der Waals surface area contributed by atoms with E-state index in [0.29, 0.717) is 0 Å². The van der Waals surface area contributed by atoms with Crippen molar-refractivity contribution >= 4 is 70.4 Å². The molecule has 296 valence electrons. The van der Waals surface area contributed by atoms with Crippen LogP contribution in [0.4, 0.5) is 17.1 Å². The van der Waals surface area contributed by atoms with Gasteiger partial charge in [0.25, 0.3) is 0 Å². The van der Waals surface area contributed by atoms with E-state index in [0.717, 1.165) is 22.7 Å². The summed E-state index contributed by atoms with van der Waals surface area (Å²) < 4.78 is 5.02. The number of thiophene rings is 1. The van der Waals surface area contributed by atoms with E-state index in [-0.39, 0.29) is 0 Å². The molecule has 2 nitrogen and oxygen atoms in total. The quantitative estimate of drug-likeness (QED) is 0.148. The number of benzene rings is 10. The third kappa shape index (κ3) is 6.58. The average molecular weight is 821 g/mol. The summed E-state index contributed by atoms with van der Waals surface area (Å²) in [5, 5.41) is 5.15. The van der Waals surface area contributed by atoms with Gasteiger partial charge in [-0.25, -0.2) is 0 Å². The summed E-state index contributed by atoms with van der Waals surface area (Å²) in [4.78, 5) is 2.36. The molecule has 0 spiro atoms. The third-order valence-electron chi connectivity index (χ3n) is 12.4. The molecule has 12 aromatic rings. The number of para-hydroxylation sites is 2. The summed E-state index contributed by atoms with van der Waals surface area (Å²) in [7, 11) is 0. The van der Waals surface area contributed by atoms with E-state index in [2.05, 4.69) is 252 Å². The van der Waals surface area contributed by atoms with E-state index in [9.17, 15) is 0 Å². The van der Waals surface area contributed by atoms with Crippen LogP contribution in [0.15, 0.2) is 243 Å². The minimum absolute atomic E-state index is 1.10. The Morgan fingerprint density at radius 1 is 0.302 bits per heavy atom. The first-order chi connectivity index (χ1) is 31.2. The fourth-order valence-corrected chi connectivity index (χ4v) is 10.6. The van der Waals surface area contributed by atoms with Crippen molar-refractivity contribution in [1.29, 1.82) is 0 Å². The fraction of sp³-hybridized carbons (Fsp3) is 0. The second-order valence-electron chi connectivity index (χ2n) is 16.1. The Morgan fingerprint density at radius 2 is 0.746 bits per heavy atom. The van der Waals surface area contributed by atoms with Gasteiger partial charge in [-0.1, -0.05) is 176 Å². The molecule has 0 amide bonds. The number of hydrogen-bond acceptors (Lipinski definition) is 2. The first-order valence-corrected chi connectivity index (χ1v) is 22.3. The van der Waals surface area contributed by atoms with E-state index < -0.39 is 0 Å². The third-order valence-corrected chi connectivity index (χ3v) is 13.6. The highest BCUT2D eigenvalue weighted by atomic mass is 32.1. The van der Waals surface area contributed by atoms with Gasteiger partial charge >= 0.3 is 0 Å². The maximum Gasteiger partial charge on any atom is 0.0541 e. The highest BCUT2D eigenvalue weighted by Crippen LogP contribution is 2.43. The van der Waals surface area contributed by atoms with Crippen molar-refractivity contribution in [3.63, 3.8) is 0 Å². The number of aromatic nitrogens is 1. The monoisotopic (exact) mass is 820 g/mol. The van der Waals surface area contributed by atoms with Gasteiger partial charge in [-0.15, -0.1) is 11.3 Å². The zero-order valence-corrected chi connectivity index (χ0v) is 35.2. The Hall–Kier alpha value is -7.98. The van der Waals surface area contributed by atoms with Gasteiger partial charge < -0.3 is 9.47 Å². The number of hydrogen-bond donors (Lipinski definition) is 0. The van der Waals surface area contributed by atoms with Crippen molar-refractivity contribution in [3.05, 3.63) is 243 Å². The summed E-state index contributed by atoms with van der Waals surface area (Å²) in [5.41, 5.74) is 16.6. The lowest BCUT2D eigenvalue weighted by atomic mass is 10.0. The molecule has 0 fully saturated rings. The molecule has 10 aromatic carbocycles. The van der Waals surface area contributed by atoms with Crippen LogP contribution in [0.5, 0.6) is 0 Å². The molecule has 0 aliphatic rings. The molecule has 0 bridgehead atoms. The predicted octanol–water partition coefficient (Wildman–Crippen LogP) is 17.3. The van der Waals surface area contributed by atoms with Crippen molar-refractivity contribution in [2.24, 2.45) is 0 Å². The van der Waals surface area contributed by atoms with Gasteiger partial charge in [-0.05, 0) is 111 Å². The van der Waals surface area contributed by atoms with Crippen LogP contribution in [-0.4, -0.2) is 4.57 Å².